The van der Waals surface area contributed by atoms with Gasteiger partial charge in [0.1, 0.15) is 5.82 Å². The fraction of sp³-hybridized carbons (Fsp3) is 0.750. The van der Waals surface area contributed by atoms with Gasteiger partial charge in [0.25, 0.3) is 0 Å². The summed E-state index contributed by atoms with van der Waals surface area (Å²) in [6.45, 7) is 9.83. The Morgan fingerprint density at radius 1 is 1.33 bits per heavy atom. The number of nitrogens with zero attached hydrogens (tertiary/aromatic N) is 2. The SMILES string of the molecule is CCn1c(C2CCNCC2)nc(C)c1C. The van der Waals surface area contributed by atoms with Crippen molar-refractivity contribution in [2.24, 2.45) is 0 Å². The lowest BCUT2D eigenvalue weighted by atomic mass is 9.97. The van der Waals surface area contributed by atoms with E-state index in [2.05, 4.69) is 30.7 Å². The van der Waals surface area contributed by atoms with Crippen LogP contribution in [0, 0.1) is 13.8 Å². The number of piperidine rings is 1. The number of nitrogens with one attached hydrogen (secondary N) is 1. The Hall–Kier alpha value is -0.830. The summed E-state index contributed by atoms with van der Waals surface area (Å²) in [5.41, 5.74) is 2.54. The summed E-state index contributed by atoms with van der Waals surface area (Å²) >= 11 is 0. The first-order chi connectivity index (χ1) is 7.24. The average molecular weight is 207 g/mol. The summed E-state index contributed by atoms with van der Waals surface area (Å²) in [7, 11) is 0. The van der Waals surface area contributed by atoms with Crippen LogP contribution in [0.15, 0.2) is 0 Å². The maximum Gasteiger partial charge on any atom is 0.112 e. The Labute approximate surface area is 91.9 Å². The molecule has 1 aliphatic heterocycles. The van der Waals surface area contributed by atoms with Gasteiger partial charge in [0.05, 0.1) is 5.69 Å². The molecule has 1 N–H and O–H groups in total. The second-order valence-corrected chi connectivity index (χ2v) is 4.41. The van der Waals surface area contributed by atoms with E-state index in [0.717, 1.165) is 19.6 Å². The van der Waals surface area contributed by atoms with E-state index in [4.69, 9.17) is 4.98 Å². The molecule has 0 atom stereocenters. The number of aryl methyl sites for hydroxylation is 1. The Morgan fingerprint density at radius 3 is 2.60 bits per heavy atom. The summed E-state index contributed by atoms with van der Waals surface area (Å²) in [4.78, 5) is 4.74. The standard InChI is InChI=1S/C12H21N3/c1-4-15-10(3)9(2)14-12(15)11-5-7-13-8-6-11/h11,13H,4-8H2,1-3H3. The first-order valence-corrected chi connectivity index (χ1v) is 5.98. The van der Waals surface area contributed by atoms with Gasteiger partial charge in [0.15, 0.2) is 0 Å². The molecule has 1 saturated heterocycles. The van der Waals surface area contributed by atoms with Crippen LogP contribution in [0.2, 0.25) is 0 Å². The van der Waals surface area contributed by atoms with Crippen molar-refractivity contribution in [2.75, 3.05) is 13.1 Å². The molecule has 2 rings (SSSR count). The highest BCUT2D eigenvalue weighted by Crippen LogP contribution is 2.26. The molecule has 0 unspecified atom stereocenters. The van der Waals surface area contributed by atoms with E-state index < -0.39 is 0 Å². The topological polar surface area (TPSA) is 29.9 Å². The van der Waals surface area contributed by atoms with Crippen LogP contribution in [0.5, 0.6) is 0 Å². The van der Waals surface area contributed by atoms with E-state index in [-0.39, 0.29) is 0 Å². The molecule has 0 amide bonds. The minimum Gasteiger partial charge on any atom is -0.332 e. The van der Waals surface area contributed by atoms with Crippen LogP contribution in [0.1, 0.15) is 42.9 Å². The van der Waals surface area contributed by atoms with Gasteiger partial charge in [-0.3, -0.25) is 0 Å². The quantitative estimate of drug-likeness (QED) is 0.803. The molecular formula is C12H21N3. The summed E-state index contributed by atoms with van der Waals surface area (Å²) in [6.07, 6.45) is 2.46. The normalized spacial score (nSPS) is 18.3. The summed E-state index contributed by atoms with van der Waals surface area (Å²) in [5.74, 6) is 1.98. The van der Waals surface area contributed by atoms with Crippen LogP contribution >= 0.6 is 0 Å². The highest BCUT2D eigenvalue weighted by Gasteiger charge is 2.21. The first kappa shape index (κ1) is 10.7. The van der Waals surface area contributed by atoms with E-state index in [1.807, 2.05) is 0 Å². The Balaban J connectivity index is 2.29. The summed E-state index contributed by atoms with van der Waals surface area (Å²) < 4.78 is 2.38. The molecule has 0 bridgehead atoms. The van der Waals surface area contributed by atoms with Gasteiger partial charge in [-0.05, 0) is 46.7 Å². The van der Waals surface area contributed by atoms with E-state index in [9.17, 15) is 0 Å². The number of imidazole rings is 1. The zero-order chi connectivity index (χ0) is 10.8. The molecule has 1 aromatic heterocycles. The van der Waals surface area contributed by atoms with Crippen molar-refractivity contribution >= 4 is 0 Å². The van der Waals surface area contributed by atoms with Gasteiger partial charge < -0.3 is 9.88 Å². The molecule has 0 radical (unpaired) electrons. The minimum atomic E-state index is 0.665. The van der Waals surface area contributed by atoms with Crippen LogP contribution in [0.3, 0.4) is 0 Å². The van der Waals surface area contributed by atoms with Gasteiger partial charge in [-0.15, -0.1) is 0 Å². The molecule has 1 aromatic rings. The monoisotopic (exact) mass is 207 g/mol. The maximum absolute atomic E-state index is 4.74. The van der Waals surface area contributed by atoms with Gasteiger partial charge in [0.2, 0.25) is 0 Å². The van der Waals surface area contributed by atoms with Crippen LogP contribution in [-0.2, 0) is 6.54 Å². The molecule has 0 aliphatic carbocycles. The zero-order valence-corrected chi connectivity index (χ0v) is 10.0. The highest BCUT2D eigenvalue weighted by molar-refractivity contribution is 5.17. The van der Waals surface area contributed by atoms with Crippen molar-refractivity contribution in [1.29, 1.82) is 0 Å². The van der Waals surface area contributed by atoms with Gasteiger partial charge in [-0.1, -0.05) is 0 Å². The van der Waals surface area contributed by atoms with Gasteiger partial charge >= 0.3 is 0 Å². The van der Waals surface area contributed by atoms with E-state index >= 15 is 0 Å². The highest BCUT2D eigenvalue weighted by atomic mass is 15.1. The van der Waals surface area contributed by atoms with Crippen molar-refractivity contribution in [3.8, 4) is 0 Å². The van der Waals surface area contributed by atoms with Crippen LogP contribution < -0.4 is 5.32 Å². The molecule has 0 saturated carbocycles. The van der Waals surface area contributed by atoms with Crippen LogP contribution in [0.4, 0.5) is 0 Å². The van der Waals surface area contributed by atoms with Crippen molar-refractivity contribution in [3.63, 3.8) is 0 Å². The first-order valence-electron chi connectivity index (χ1n) is 5.98. The lowest BCUT2D eigenvalue weighted by Crippen LogP contribution is -2.28. The Bertz CT molecular complexity index is 335. The predicted octanol–water partition coefficient (Wildman–Crippen LogP) is 1.99. The number of hydrogen-bond donors (Lipinski definition) is 1. The van der Waals surface area contributed by atoms with Crippen LogP contribution in [0.25, 0.3) is 0 Å². The smallest absolute Gasteiger partial charge is 0.112 e. The molecule has 2 heterocycles. The molecule has 3 nitrogen and oxygen atoms in total. The third-order valence-electron chi connectivity index (χ3n) is 3.51. The average Bonchev–Trinajstić information content (AvgIpc) is 2.56. The lowest BCUT2D eigenvalue weighted by Gasteiger charge is -2.23. The number of hydrogen-bond acceptors (Lipinski definition) is 2. The van der Waals surface area contributed by atoms with E-state index in [0.29, 0.717) is 5.92 Å². The molecule has 1 aliphatic rings. The van der Waals surface area contributed by atoms with Crippen molar-refractivity contribution < 1.29 is 0 Å². The zero-order valence-electron chi connectivity index (χ0n) is 10.0. The van der Waals surface area contributed by atoms with Gasteiger partial charge in [-0.25, -0.2) is 4.98 Å². The fourth-order valence-electron chi connectivity index (χ4n) is 2.47. The van der Waals surface area contributed by atoms with Crippen molar-refractivity contribution in [2.45, 2.75) is 46.1 Å². The van der Waals surface area contributed by atoms with Crippen molar-refractivity contribution in [1.82, 2.24) is 14.9 Å². The molecule has 3 heteroatoms. The van der Waals surface area contributed by atoms with Gasteiger partial charge in [0, 0.05) is 18.2 Å². The predicted molar refractivity (Wildman–Crippen MR) is 62.2 cm³/mol. The molecule has 0 aromatic carbocycles. The third-order valence-corrected chi connectivity index (χ3v) is 3.51. The van der Waals surface area contributed by atoms with Crippen molar-refractivity contribution in [3.05, 3.63) is 17.2 Å². The summed E-state index contributed by atoms with van der Waals surface area (Å²) in [5, 5.41) is 3.41. The third kappa shape index (κ3) is 1.93. The second-order valence-electron chi connectivity index (χ2n) is 4.41. The lowest BCUT2D eigenvalue weighted by molar-refractivity contribution is 0.431. The largest absolute Gasteiger partial charge is 0.332 e. The van der Waals surface area contributed by atoms with Gasteiger partial charge in [-0.2, -0.15) is 0 Å². The number of rotatable bonds is 2. The maximum atomic E-state index is 4.74. The number of aromatic nitrogens is 2. The molecule has 84 valence electrons. The molecule has 0 spiro atoms. The van der Waals surface area contributed by atoms with Crippen LogP contribution in [-0.4, -0.2) is 22.6 Å². The fourth-order valence-corrected chi connectivity index (χ4v) is 2.47. The summed E-state index contributed by atoms with van der Waals surface area (Å²) in [6, 6.07) is 0. The molecule has 1 fully saturated rings. The minimum absolute atomic E-state index is 0.665. The van der Waals surface area contributed by atoms with E-state index in [1.54, 1.807) is 0 Å². The molecule has 15 heavy (non-hydrogen) atoms. The van der Waals surface area contributed by atoms with E-state index in [1.165, 1.54) is 30.1 Å². The Kier molecular flexibility index (Phi) is 3.10. The Morgan fingerprint density at radius 2 is 2.00 bits per heavy atom. The molecular weight excluding hydrogens is 186 g/mol. The second kappa shape index (κ2) is 4.35.